The first-order valence-electron chi connectivity index (χ1n) is 6.34. The topological polar surface area (TPSA) is 132 Å². The predicted octanol–water partition coefficient (Wildman–Crippen LogP) is 2.34. The van der Waals surface area contributed by atoms with Crippen LogP contribution in [-0.4, -0.2) is 11.1 Å². The number of hydrogen-bond acceptors (Lipinski definition) is 5. The van der Waals surface area contributed by atoms with Gasteiger partial charge in [0.15, 0.2) is 0 Å². The van der Waals surface area contributed by atoms with Gasteiger partial charge < -0.3 is 5.11 Å². The summed E-state index contributed by atoms with van der Waals surface area (Å²) in [5.74, 6) is -1.24. The summed E-state index contributed by atoms with van der Waals surface area (Å²) in [7, 11) is 0. The summed E-state index contributed by atoms with van der Waals surface area (Å²) in [6, 6.07) is 7.34. The first-order chi connectivity index (χ1) is 10.1. The van der Waals surface area contributed by atoms with Crippen LogP contribution in [0, 0.1) is 51.2 Å². The Balaban J connectivity index is 3.16. The maximum Gasteiger partial charge on any atom is 0.303 e. The second kappa shape index (κ2) is 7.49. The van der Waals surface area contributed by atoms with Gasteiger partial charge in [-0.15, -0.1) is 0 Å². The SMILES string of the molecule is N#CC(C#N)=C1CCC(=C(C#N)C#N)C(CCC(=O)O)C1. The molecule has 104 valence electrons. The Morgan fingerprint density at radius 2 is 1.62 bits per heavy atom. The molecule has 1 aliphatic carbocycles. The van der Waals surface area contributed by atoms with E-state index in [1.807, 2.05) is 24.3 Å². The van der Waals surface area contributed by atoms with Crippen molar-refractivity contribution in [1.29, 1.82) is 21.0 Å². The van der Waals surface area contributed by atoms with Crippen LogP contribution in [0.1, 0.15) is 32.1 Å². The Kier molecular flexibility index (Phi) is 5.69. The normalized spacial score (nSPS) is 16.9. The van der Waals surface area contributed by atoms with Crippen LogP contribution in [0.3, 0.4) is 0 Å². The smallest absolute Gasteiger partial charge is 0.303 e. The van der Waals surface area contributed by atoms with E-state index in [1.54, 1.807) is 0 Å². The van der Waals surface area contributed by atoms with E-state index in [2.05, 4.69) is 0 Å². The number of nitrogens with zero attached hydrogens (tertiary/aromatic N) is 4. The van der Waals surface area contributed by atoms with Crippen molar-refractivity contribution in [3.63, 3.8) is 0 Å². The number of carboxylic acids is 1. The van der Waals surface area contributed by atoms with E-state index in [9.17, 15) is 4.79 Å². The summed E-state index contributed by atoms with van der Waals surface area (Å²) < 4.78 is 0. The molecule has 0 heterocycles. The van der Waals surface area contributed by atoms with Gasteiger partial charge in [0.1, 0.15) is 35.4 Å². The second-order valence-electron chi connectivity index (χ2n) is 4.66. The summed E-state index contributed by atoms with van der Waals surface area (Å²) in [5, 5.41) is 44.6. The molecule has 1 atom stereocenters. The molecule has 1 fully saturated rings. The van der Waals surface area contributed by atoms with Crippen LogP contribution in [0.15, 0.2) is 22.3 Å². The highest BCUT2D eigenvalue weighted by atomic mass is 16.4. The van der Waals surface area contributed by atoms with E-state index in [4.69, 9.17) is 26.2 Å². The molecular weight excluding hydrogens is 268 g/mol. The lowest BCUT2D eigenvalue weighted by atomic mass is 9.76. The molecule has 21 heavy (non-hydrogen) atoms. The molecule has 0 radical (unpaired) electrons. The van der Waals surface area contributed by atoms with Gasteiger partial charge in [-0.2, -0.15) is 21.0 Å². The van der Waals surface area contributed by atoms with E-state index in [0.29, 0.717) is 30.4 Å². The third kappa shape index (κ3) is 3.93. The minimum Gasteiger partial charge on any atom is -0.481 e. The average molecular weight is 280 g/mol. The minimum atomic E-state index is -0.957. The number of allylic oxidation sites excluding steroid dienone is 4. The Labute approximate surface area is 122 Å². The Hall–Kier alpha value is -3.09. The number of rotatable bonds is 3. The van der Waals surface area contributed by atoms with Crippen LogP contribution in [0.5, 0.6) is 0 Å². The van der Waals surface area contributed by atoms with Crippen LogP contribution in [0.25, 0.3) is 0 Å². The minimum absolute atomic E-state index is 0.0138. The van der Waals surface area contributed by atoms with Crippen molar-refractivity contribution in [1.82, 2.24) is 0 Å². The Morgan fingerprint density at radius 1 is 1.05 bits per heavy atom. The molecule has 0 spiro atoms. The third-order valence-corrected chi connectivity index (χ3v) is 3.51. The van der Waals surface area contributed by atoms with Crippen LogP contribution < -0.4 is 0 Å². The van der Waals surface area contributed by atoms with Crippen molar-refractivity contribution >= 4 is 5.97 Å². The molecule has 1 rings (SSSR count). The number of carbonyl (C=O) groups is 1. The van der Waals surface area contributed by atoms with Crippen LogP contribution in [0.2, 0.25) is 0 Å². The zero-order valence-electron chi connectivity index (χ0n) is 11.3. The molecule has 6 heteroatoms. The largest absolute Gasteiger partial charge is 0.481 e. The van der Waals surface area contributed by atoms with Crippen molar-refractivity contribution < 1.29 is 9.90 Å². The van der Waals surface area contributed by atoms with Gasteiger partial charge >= 0.3 is 5.97 Å². The Morgan fingerprint density at radius 3 is 2.10 bits per heavy atom. The summed E-state index contributed by atoms with van der Waals surface area (Å²) in [6.45, 7) is 0. The number of carboxylic acid groups (broad SMARTS) is 1. The van der Waals surface area contributed by atoms with E-state index in [-0.39, 0.29) is 29.9 Å². The van der Waals surface area contributed by atoms with E-state index >= 15 is 0 Å². The van der Waals surface area contributed by atoms with Crippen molar-refractivity contribution in [2.45, 2.75) is 32.1 Å². The molecule has 0 aromatic rings. The van der Waals surface area contributed by atoms with E-state index in [1.165, 1.54) is 0 Å². The quantitative estimate of drug-likeness (QED) is 0.789. The highest BCUT2D eigenvalue weighted by Crippen LogP contribution is 2.38. The standard InChI is InChI=1S/C15H12N4O2/c16-6-12(7-17)10-1-3-14(13(8-18)9-19)11(5-10)2-4-15(20)21/h11H,1-5H2,(H,20,21). The third-order valence-electron chi connectivity index (χ3n) is 3.51. The molecule has 0 saturated heterocycles. The fraction of sp³-hybridized carbons (Fsp3) is 0.400. The molecule has 0 amide bonds. The summed E-state index contributed by atoms with van der Waals surface area (Å²) in [6.07, 6.45) is 1.41. The fourth-order valence-electron chi connectivity index (χ4n) is 2.49. The lowest BCUT2D eigenvalue weighted by molar-refractivity contribution is -0.137. The molecule has 0 aromatic heterocycles. The maximum absolute atomic E-state index is 10.7. The van der Waals surface area contributed by atoms with E-state index in [0.717, 1.165) is 0 Å². The average Bonchev–Trinajstić information content (AvgIpc) is 2.49. The van der Waals surface area contributed by atoms with Gasteiger partial charge in [-0.05, 0) is 42.7 Å². The number of nitriles is 4. The molecule has 1 aliphatic rings. The molecule has 0 aliphatic heterocycles. The van der Waals surface area contributed by atoms with Crippen molar-refractivity contribution in [3.8, 4) is 24.3 Å². The number of aliphatic carboxylic acids is 1. The van der Waals surface area contributed by atoms with Crippen molar-refractivity contribution in [2.75, 3.05) is 0 Å². The van der Waals surface area contributed by atoms with Crippen molar-refractivity contribution in [2.24, 2.45) is 5.92 Å². The van der Waals surface area contributed by atoms with Crippen LogP contribution >= 0.6 is 0 Å². The summed E-state index contributed by atoms with van der Waals surface area (Å²) in [4.78, 5) is 10.7. The van der Waals surface area contributed by atoms with Gasteiger partial charge in [0, 0.05) is 6.42 Å². The Bertz CT molecular complexity index is 642. The van der Waals surface area contributed by atoms with Crippen molar-refractivity contribution in [3.05, 3.63) is 22.3 Å². The zero-order chi connectivity index (χ0) is 15.8. The lowest BCUT2D eigenvalue weighted by Gasteiger charge is -2.27. The molecule has 6 nitrogen and oxygen atoms in total. The maximum atomic E-state index is 10.7. The first-order valence-corrected chi connectivity index (χ1v) is 6.34. The lowest BCUT2D eigenvalue weighted by Crippen LogP contribution is -2.16. The molecular formula is C15H12N4O2. The molecule has 1 unspecified atom stereocenters. The van der Waals surface area contributed by atoms with Gasteiger partial charge in [0.25, 0.3) is 0 Å². The van der Waals surface area contributed by atoms with Gasteiger partial charge in [-0.25, -0.2) is 0 Å². The van der Waals surface area contributed by atoms with Crippen LogP contribution in [-0.2, 0) is 4.79 Å². The first kappa shape index (κ1) is 16.0. The summed E-state index contributed by atoms with van der Waals surface area (Å²) >= 11 is 0. The zero-order valence-corrected chi connectivity index (χ0v) is 11.3. The molecule has 0 bridgehead atoms. The highest BCUT2D eigenvalue weighted by molar-refractivity contribution is 5.66. The summed E-state index contributed by atoms with van der Waals surface area (Å²) in [5.41, 5.74) is 1.37. The van der Waals surface area contributed by atoms with Gasteiger partial charge in [0.05, 0.1) is 0 Å². The fourth-order valence-corrected chi connectivity index (χ4v) is 2.49. The predicted molar refractivity (Wildman–Crippen MR) is 70.7 cm³/mol. The van der Waals surface area contributed by atoms with Gasteiger partial charge in [-0.1, -0.05) is 0 Å². The molecule has 1 N–H and O–H groups in total. The van der Waals surface area contributed by atoms with Gasteiger partial charge in [0.2, 0.25) is 0 Å². The van der Waals surface area contributed by atoms with Crippen LogP contribution in [0.4, 0.5) is 0 Å². The molecule has 0 aromatic carbocycles. The highest BCUT2D eigenvalue weighted by Gasteiger charge is 2.27. The number of hydrogen-bond donors (Lipinski definition) is 1. The van der Waals surface area contributed by atoms with E-state index < -0.39 is 5.97 Å². The second-order valence-corrected chi connectivity index (χ2v) is 4.66. The van der Waals surface area contributed by atoms with Gasteiger partial charge in [-0.3, -0.25) is 4.79 Å². The molecule has 1 saturated carbocycles. The monoisotopic (exact) mass is 280 g/mol.